The van der Waals surface area contributed by atoms with Crippen molar-refractivity contribution < 1.29 is 4.79 Å². The second kappa shape index (κ2) is 6.77. The molecule has 1 amide bonds. The maximum Gasteiger partial charge on any atom is 0.257 e. The Morgan fingerprint density at radius 2 is 1.57 bits per heavy atom. The molecule has 1 aromatic heterocycles. The van der Waals surface area contributed by atoms with Gasteiger partial charge >= 0.3 is 0 Å². The van der Waals surface area contributed by atoms with E-state index in [1.54, 1.807) is 48.8 Å². The third-order valence-corrected chi connectivity index (χ3v) is 3.71. The third kappa shape index (κ3) is 3.67. The van der Waals surface area contributed by atoms with Gasteiger partial charge in [-0.3, -0.25) is 4.79 Å². The molecule has 3 aromatic rings. The predicted molar refractivity (Wildman–Crippen MR) is 91.9 cm³/mol. The molecule has 3 rings (SSSR count). The summed E-state index contributed by atoms with van der Waals surface area (Å²) < 4.78 is 0. The van der Waals surface area contributed by atoms with Crippen LogP contribution >= 0.6 is 23.2 Å². The molecular formula is C17H11Cl2N3O. The van der Waals surface area contributed by atoms with E-state index in [-0.39, 0.29) is 5.91 Å². The lowest BCUT2D eigenvalue weighted by Crippen LogP contribution is -2.12. The van der Waals surface area contributed by atoms with Crippen LogP contribution in [-0.4, -0.2) is 15.9 Å². The maximum absolute atomic E-state index is 12.2. The zero-order chi connectivity index (χ0) is 16.2. The summed E-state index contributed by atoms with van der Waals surface area (Å²) in [6.45, 7) is 0. The third-order valence-electron chi connectivity index (χ3n) is 3.13. The fourth-order valence-corrected chi connectivity index (χ4v) is 2.33. The Labute approximate surface area is 143 Å². The standard InChI is InChI=1S/C17H11Cl2N3O/c18-12-7-5-11(6-8-12)16-20-9-13(10-21-16)22-17(23)14-3-1-2-4-15(14)19/h1-10H,(H,22,23). The first-order valence-electron chi connectivity index (χ1n) is 6.77. The first kappa shape index (κ1) is 15.5. The summed E-state index contributed by atoms with van der Waals surface area (Å²) in [5.41, 5.74) is 1.74. The molecule has 0 aliphatic rings. The fraction of sp³-hybridized carbons (Fsp3) is 0. The fourth-order valence-electron chi connectivity index (χ4n) is 1.98. The van der Waals surface area contributed by atoms with Gasteiger partial charge in [0.25, 0.3) is 5.91 Å². The molecule has 0 radical (unpaired) electrons. The summed E-state index contributed by atoms with van der Waals surface area (Å²) in [5, 5.41) is 3.76. The van der Waals surface area contributed by atoms with Gasteiger partial charge in [0.2, 0.25) is 0 Å². The van der Waals surface area contributed by atoms with Crippen molar-refractivity contribution in [1.82, 2.24) is 9.97 Å². The second-order valence-electron chi connectivity index (χ2n) is 4.74. The number of nitrogens with zero attached hydrogens (tertiary/aromatic N) is 2. The Morgan fingerprint density at radius 1 is 0.913 bits per heavy atom. The van der Waals surface area contributed by atoms with Gasteiger partial charge in [-0.15, -0.1) is 0 Å². The van der Waals surface area contributed by atoms with Gasteiger partial charge in [-0.25, -0.2) is 9.97 Å². The number of rotatable bonds is 3. The van der Waals surface area contributed by atoms with Crippen molar-refractivity contribution in [3.8, 4) is 11.4 Å². The van der Waals surface area contributed by atoms with Crippen LogP contribution in [0.1, 0.15) is 10.4 Å². The minimum absolute atomic E-state index is 0.307. The van der Waals surface area contributed by atoms with Crippen molar-refractivity contribution in [2.75, 3.05) is 5.32 Å². The normalized spacial score (nSPS) is 10.3. The number of hydrogen-bond donors (Lipinski definition) is 1. The molecule has 2 aromatic carbocycles. The SMILES string of the molecule is O=C(Nc1cnc(-c2ccc(Cl)cc2)nc1)c1ccccc1Cl. The highest BCUT2D eigenvalue weighted by atomic mass is 35.5. The monoisotopic (exact) mass is 343 g/mol. The average Bonchev–Trinajstić information content (AvgIpc) is 2.57. The van der Waals surface area contributed by atoms with Crippen LogP contribution in [0.15, 0.2) is 60.9 Å². The van der Waals surface area contributed by atoms with Crippen molar-refractivity contribution in [3.63, 3.8) is 0 Å². The number of hydrogen-bond acceptors (Lipinski definition) is 3. The molecule has 114 valence electrons. The van der Waals surface area contributed by atoms with Crippen LogP contribution in [0.4, 0.5) is 5.69 Å². The minimum Gasteiger partial charge on any atom is -0.319 e. The van der Waals surface area contributed by atoms with E-state index in [9.17, 15) is 4.79 Å². The number of anilines is 1. The summed E-state index contributed by atoms with van der Waals surface area (Å²) in [6.07, 6.45) is 3.09. The van der Waals surface area contributed by atoms with Gasteiger partial charge in [-0.1, -0.05) is 35.3 Å². The molecule has 0 unspecified atom stereocenters. The molecule has 0 atom stereocenters. The van der Waals surface area contributed by atoms with Crippen molar-refractivity contribution in [3.05, 3.63) is 76.5 Å². The van der Waals surface area contributed by atoms with E-state index in [0.717, 1.165) is 5.56 Å². The molecule has 1 heterocycles. The average molecular weight is 344 g/mol. The number of aromatic nitrogens is 2. The number of nitrogens with one attached hydrogen (secondary N) is 1. The summed E-state index contributed by atoms with van der Waals surface area (Å²) in [7, 11) is 0. The molecule has 1 N–H and O–H groups in total. The Balaban J connectivity index is 1.76. The molecule has 6 heteroatoms. The van der Waals surface area contributed by atoms with E-state index in [0.29, 0.717) is 27.1 Å². The molecule has 0 saturated carbocycles. The van der Waals surface area contributed by atoms with Crippen LogP contribution in [0.25, 0.3) is 11.4 Å². The topological polar surface area (TPSA) is 54.9 Å². The van der Waals surface area contributed by atoms with Crippen molar-refractivity contribution in [2.24, 2.45) is 0 Å². The van der Waals surface area contributed by atoms with Crippen molar-refractivity contribution in [2.45, 2.75) is 0 Å². The minimum atomic E-state index is -0.307. The van der Waals surface area contributed by atoms with Crippen LogP contribution < -0.4 is 5.32 Å². The van der Waals surface area contributed by atoms with Crippen LogP contribution in [0.5, 0.6) is 0 Å². The molecule has 0 spiro atoms. The number of amides is 1. The van der Waals surface area contributed by atoms with Crippen LogP contribution in [0, 0.1) is 0 Å². The molecular weight excluding hydrogens is 333 g/mol. The van der Waals surface area contributed by atoms with Crippen LogP contribution in [-0.2, 0) is 0 Å². The zero-order valence-electron chi connectivity index (χ0n) is 11.8. The van der Waals surface area contributed by atoms with E-state index in [1.165, 1.54) is 0 Å². The van der Waals surface area contributed by atoms with Crippen LogP contribution in [0.2, 0.25) is 10.0 Å². The molecule has 23 heavy (non-hydrogen) atoms. The molecule has 4 nitrogen and oxygen atoms in total. The Morgan fingerprint density at radius 3 is 2.22 bits per heavy atom. The quantitative estimate of drug-likeness (QED) is 0.749. The highest BCUT2D eigenvalue weighted by molar-refractivity contribution is 6.34. The Kier molecular flexibility index (Phi) is 4.55. The first-order valence-corrected chi connectivity index (χ1v) is 7.53. The second-order valence-corrected chi connectivity index (χ2v) is 5.58. The number of benzene rings is 2. The Hall–Kier alpha value is -2.43. The van der Waals surface area contributed by atoms with E-state index < -0.39 is 0 Å². The van der Waals surface area contributed by atoms with Crippen LogP contribution in [0.3, 0.4) is 0 Å². The lowest BCUT2D eigenvalue weighted by molar-refractivity contribution is 0.102. The molecule has 0 aliphatic carbocycles. The number of carbonyl (C=O) groups excluding carboxylic acids is 1. The van der Waals surface area contributed by atoms with Crippen molar-refractivity contribution >= 4 is 34.8 Å². The van der Waals surface area contributed by atoms with Gasteiger partial charge in [-0.2, -0.15) is 0 Å². The molecule has 0 fully saturated rings. The predicted octanol–water partition coefficient (Wildman–Crippen LogP) is 4.70. The summed E-state index contributed by atoms with van der Waals surface area (Å²) in [6, 6.07) is 14.0. The summed E-state index contributed by atoms with van der Waals surface area (Å²) in [5.74, 6) is 0.246. The van der Waals surface area contributed by atoms with Crippen molar-refractivity contribution in [1.29, 1.82) is 0 Å². The smallest absolute Gasteiger partial charge is 0.257 e. The Bertz CT molecular complexity index is 833. The highest BCUT2D eigenvalue weighted by Gasteiger charge is 2.10. The van der Waals surface area contributed by atoms with Gasteiger partial charge in [0.15, 0.2) is 5.82 Å². The molecule has 0 aliphatic heterocycles. The number of carbonyl (C=O) groups is 1. The lowest BCUT2D eigenvalue weighted by atomic mass is 10.2. The summed E-state index contributed by atoms with van der Waals surface area (Å²) >= 11 is 11.9. The van der Waals surface area contributed by atoms with Gasteiger partial charge in [0.1, 0.15) is 0 Å². The van der Waals surface area contributed by atoms with E-state index in [4.69, 9.17) is 23.2 Å². The van der Waals surface area contributed by atoms with Gasteiger partial charge < -0.3 is 5.32 Å². The first-order chi connectivity index (χ1) is 11.1. The van der Waals surface area contributed by atoms with Gasteiger partial charge in [0, 0.05) is 10.6 Å². The maximum atomic E-state index is 12.2. The molecule has 0 saturated heterocycles. The summed E-state index contributed by atoms with van der Waals surface area (Å²) in [4.78, 5) is 20.7. The van der Waals surface area contributed by atoms with E-state index in [2.05, 4.69) is 15.3 Å². The highest BCUT2D eigenvalue weighted by Crippen LogP contribution is 2.20. The van der Waals surface area contributed by atoms with Gasteiger partial charge in [-0.05, 0) is 36.4 Å². The largest absolute Gasteiger partial charge is 0.319 e. The zero-order valence-corrected chi connectivity index (χ0v) is 13.3. The van der Waals surface area contributed by atoms with Gasteiger partial charge in [0.05, 0.1) is 28.7 Å². The molecule has 0 bridgehead atoms. The lowest BCUT2D eigenvalue weighted by Gasteiger charge is -2.07. The van der Waals surface area contributed by atoms with E-state index >= 15 is 0 Å². The van der Waals surface area contributed by atoms with E-state index in [1.807, 2.05) is 12.1 Å². The number of halogens is 2.